The highest BCUT2D eigenvalue weighted by molar-refractivity contribution is 8.10. The molecule has 0 amide bonds. The minimum absolute atomic E-state index is 0.0270. The smallest absolute Gasteiger partial charge is 0.226 e. The molecule has 0 fully saturated rings. The summed E-state index contributed by atoms with van der Waals surface area (Å²) in [6, 6.07) is 0.317. The Labute approximate surface area is 174 Å². The number of alkyl halides is 6. The predicted molar refractivity (Wildman–Crippen MR) is 93.3 cm³/mol. The molecule has 0 heterocycles. The molecule has 20 heteroatoms. The van der Waals surface area contributed by atoms with Crippen LogP contribution in [0.3, 0.4) is 0 Å². The van der Waals surface area contributed by atoms with Crippen molar-refractivity contribution in [1.29, 1.82) is 5.26 Å². The van der Waals surface area contributed by atoms with Gasteiger partial charge in [0.1, 0.15) is 0 Å². The predicted octanol–water partition coefficient (Wildman–Crippen LogP) is 0.412. The van der Waals surface area contributed by atoms with E-state index in [9.17, 15) is 60.0 Å². The molecule has 0 bridgehead atoms. The van der Waals surface area contributed by atoms with Crippen LogP contribution in [0.15, 0.2) is 0 Å². The molecule has 0 aliphatic heterocycles. The van der Waals surface area contributed by atoms with Gasteiger partial charge in [0.25, 0.3) is 24.4 Å². The van der Waals surface area contributed by atoms with Crippen molar-refractivity contribution in [3.05, 3.63) is 0 Å². The first-order chi connectivity index (χ1) is 13.1. The number of rotatable bonds is 9. The van der Waals surface area contributed by atoms with Gasteiger partial charge in [-0.05, 0) is 5.41 Å². The van der Waals surface area contributed by atoms with Crippen molar-refractivity contribution < 1.29 is 60.0 Å². The molecule has 0 radical (unpaired) electrons. The van der Waals surface area contributed by atoms with E-state index in [2.05, 4.69) is 0 Å². The normalized spacial score (nSPS) is 16.5. The van der Waals surface area contributed by atoms with Crippen LogP contribution in [0.25, 0.3) is 0 Å². The Hall–Kier alpha value is -1.17. The molecule has 0 aliphatic carbocycles. The molecule has 31 heavy (non-hydrogen) atoms. The number of nitriles is 1. The molecule has 184 valence electrons. The maximum Gasteiger partial charge on any atom is 0.429 e. The van der Waals surface area contributed by atoms with Crippen LogP contribution < -0.4 is 4.13 Å². The van der Waals surface area contributed by atoms with Crippen LogP contribution in [-0.4, -0.2) is 66.7 Å². The topological polar surface area (TPSA) is 172 Å². The highest BCUT2D eigenvalue weighted by Crippen LogP contribution is 2.52. The summed E-state index contributed by atoms with van der Waals surface area (Å²) in [6.45, 7) is 3.36. The third kappa shape index (κ3) is 5.61. The van der Waals surface area contributed by atoms with Crippen LogP contribution in [-0.2, 0) is 39.7 Å². The van der Waals surface area contributed by atoms with E-state index in [0.29, 0.717) is 6.07 Å². The maximum atomic E-state index is 14.2. The summed E-state index contributed by atoms with van der Waals surface area (Å²) in [4.78, 5) is 0. The number of halogens is 6. The summed E-state index contributed by atoms with van der Waals surface area (Å²) in [5.41, 5.74) is -1.41. The van der Waals surface area contributed by atoms with Gasteiger partial charge in [-0.2, -0.15) is 31.6 Å². The Morgan fingerprint density at radius 2 is 1.23 bits per heavy atom. The molecule has 0 rings (SSSR count). The summed E-state index contributed by atoms with van der Waals surface area (Å²) in [6.07, 6.45) is -0.127. The zero-order valence-electron chi connectivity index (χ0n) is 15.9. The summed E-state index contributed by atoms with van der Waals surface area (Å²) in [5, 5.41) is -5.51. The molecule has 0 aromatic heterocycles. The first-order valence-corrected chi connectivity index (χ1v) is 14.0. The fraction of sp³-hybridized carbons (Fsp3) is 0.909. The van der Waals surface area contributed by atoms with Gasteiger partial charge in [0.05, 0.1) is 18.1 Å². The standard InChI is InChI=1S/C11H16F6N2O8S4/c1-8(2,3)6-29(22,23)7(5-18)30(24,25)10(14,15)9(12,13)11(16,17)31(26,27)19-28(4,20)21/h7,19H,6H2,1-4H3. The van der Waals surface area contributed by atoms with Gasteiger partial charge in [-0.15, -0.1) is 4.13 Å². The molecular formula is C11H16F6N2O8S4. The van der Waals surface area contributed by atoms with E-state index >= 15 is 0 Å². The van der Waals surface area contributed by atoms with Crippen molar-refractivity contribution in [2.24, 2.45) is 5.41 Å². The molecule has 0 aliphatic rings. The lowest BCUT2D eigenvalue weighted by Gasteiger charge is -2.32. The van der Waals surface area contributed by atoms with Crippen LogP contribution in [0, 0.1) is 16.7 Å². The minimum atomic E-state index is -7.43. The lowest BCUT2D eigenvalue weighted by Crippen LogP contribution is -2.64. The van der Waals surface area contributed by atoms with Crippen molar-refractivity contribution in [2.45, 2.75) is 41.8 Å². The summed E-state index contributed by atoms with van der Waals surface area (Å²) >= 11 is 0. The number of nitrogens with one attached hydrogen (secondary N) is 1. The van der Waals surface area contributed by atoms with Crippen LogP contribution in [0.2, 0.25) is 0 Å². The van der Waals surface area contributed by atoms with Gasteiger partial charge in [-0.3, -0.25) is 0 Å². The lowest BCUT2D eigenvalue weighted by atomic mass is 10.0. The quantitative estimate of drug-likeness (QED) is 0.402. The Bertz CT molecular complexity index is 1180. The first kappa shape index (κ1) is 29.8. The van der Waals surface area contributed by atoms with Crippen molar-refractivity contribution in [3.63, 3.8) is 0 Å². The average Bonchev–Trinajstić information content (AvgIpc) is 2.40. The number of sulfone groups is 2. The van der Waals surface area contributed by atoms with Gasteiger partial charge in [0, 0.05) is 0 Å². The molecule has 1 unspecified atom stereocenters. The molecule has 0 spiro atoms. The summed E-state index contributed by atoms with van der Waals surface area (Å²) in [7, 11) is -25.4. The van der Waals surface area contributed by atoms with Gasteiger partial charge < -0.3 is 0 Å². The van der Waals surface area contributed by atoms with Crippen molar-refractivity contribution in [1.82, 2.24) is 4.13 Å². The van der Waals surface area contributed by atoms with Crippen LogP contribution >= 0.6 is 0 Å². The fourth-order valence-corrected chi connectivity index (χ4v) is 8.99. The number of nitrogens with zero attached hydrogens (tertiary/aromatic N) is 1. The van der Waals surface area contributed by atoms with Gasteiger partial charge >= 0.3 is 16.4 Å². The SMILES string of the molecule is CC(C)(C)CS(=O)(=O)C(C#N)S(=O)(=O)C(F)(F)C(F)(F)C(F)(F)S(=O)(=O)NS(C)(=O)=O. The Morgan fingerprint density at radius 3 is 1.52 bits per heavy atom. The Balaban J connectivity index is 6.85. The third-order valence-corrected chi connectivity index (χ3v) is 11.4. The Morgan fingerprint density at radius 1 is 0.839 bits per heavy atom. The lowest BCUT2D eigenvalue weighted by molar-refractivity contribution is -0.243. The molecule has 0 saturated heterocycles. The molecule has 1 atom stereocenters. The summed E-state index contributed by atoms with van der Waals surface area (Å²) < 4.78 is 172. The van der Waals surface area contributed by atoms with E-state index in [0.717, 1.165) is 20.8 Å². The van der Waals surface area contributed by atoms with E-state index in [1.54, 1.807) is 0 Å². The zero-order valence-corrected chi connectivity index (χ0v) is 19.2. The van der Waals surface area contributed by atoms with Crippen LogP contribution in [0.5, 0.6) is 0 Å². The number of sulfonamides is 2. The molecule has 10 nitrogen and oxygen atoms in total. The van der Waals surface area contributed by atoms with E-state index in [1.165, 1.54) is 0 Å². The largest absolute Gasteiger partial charge is 0.429 e. The monoisotopic (exact) mass is 546 g/mol. The number of hydrogen-bond donors (Lipinski definition) is 1. The first-order valence-electron chi connectivity index (χ1n) is 7.32. The van der Waals surface area contributed by atoms with Gasteiger partial charge in [0.15, 0.2) is 9.84 Å². The van der Waals surface area contributed by atoms with E-state index < -0.39 is 71.9 Å². The van der Waals surface area contributed by atoms with Crippen molar-refractivity contribution >= 4 is 39.7 Å². The second-order valence-corrected chi connectivity index (χ2v) is 15.5. The Kier molecular flexibility index (Phi) is 7.70. The van der Waals surface area contributed by atoms with Gasteiger partial charge in [-0.25, -0.2) is 33.7 Å². The molecular weight excluding hydrogens is 530 g/mol. The second-order valence-electron chi connectivity index (χ2n) is 7.34. The number of hydrogen-bond acceptors (Lipinski definition) is 9. The minimum Gasteiger partial charge on any atom is -0.226 e. The van der Waals surface area contributed by atoms with Gasteiger partial charge in [-0.1, -0.05) is 20.8 Å². The third-order valence-electron chi connectivity index (χ3n) is 3.03. The van der Waals surface area contributed by atoms with E-state index in [1.807, 2.05) is 0 Å². The van der Waals surface area contributed by atoms with E-state index in [-0.39, 0.29) is 10.4 Å². The summed E-state index contributed by atoms with van der Waals surface area (Å²) in [5.74, 6) is -8.77. The van der Waals surface area contributed by atoms with E-state index in [4.69, 9.17) is 5.26 Å². The zero-order chi connectivity index (χ0) is 25.7. The molecule has 1 N–H and O–H groups in total. The molecule has 0 saturated carbocycles. The highest BCUT2D eigenvalue weighted by Gasteiger charge is 2.83. The fourth-order valence-electron chi connectivity index (χ4n) is 1.92. The average molecular weight is 547 g/mol. The van der Waals surface area contributed by atoms with Gasteiger partial charge in [0.2, 0.25) is 10.0 Å². The van der Waals surface area contributed by atoms with Crippen LogP contribution in [0.1, 0.15) is 20.8 Å². The van der Waals surface area contributed by atoms with Crippen molar-refractivity contribution in [3.8, 4) is 6.07 Å². The molecule has 0 aromatic rings. The van der Waals surface area contributed by atoms with Crippen molar-refractivity contribution in [2.75, 3.05) is 12.0 Å². The van der Waals surface area contributed by atoms with Crippen LogP contribution in [0.4, 0.5) is 26.3 Å². The maximum absolute atomic E-state index is 14.2. The second kappa shape index (κ2) is 8.00. The molecule has 0 aromatic carbocycles. The highest BCUT2D eigenvalue weighted by atomic mass is 32.3.